The molecule has 1 aromatic heterocycles. The van der Waals surface area contributed by atoms with Gasteiger partial charge in [0.25, 0.3) is 5.91 Å². The molecule has 2 amide bonds. The van der Waals surface area contributed by atoms with Crippen LogP contribution in [0.15, 0.2) is 30.3 Å². The van der Waals surface area contributed by atoms with Crippen molar-refractivity contribution in [2.75, 3.05) is 25.0 Å². The zero-order chi connectivity index (χ0) is 22.1. The summed E-state index contributed by atoms with van der Waals surface area (Å²) in [4.78, 5) is 38.3. The van der Waals surface area contributed by atoms with Crippen LogP contribution in [0.5, 0.6) is 0 Å². The third kappa shape index (κ3) is 7.02. The summed E-state index contributed by atoms with van der Waals surface area (Å²) in [6, 6.07) is 9.36. The van der Waals surface area contributed by atoms with Gasteiger partial charge in [0.15, 0.2) is 6.61 Å². The molecule has 0 saturated heterocycles. The molecule has 1 N–H and O–H groups in total. The third-order valence-corrected chi connectivity index (χ3v) is 4.59. The van der Waals surface area contributed by atoms with Crippen molar-refractivity contribution in [2.24, 2.45) is 0 Å². The van der Waals surface area contributed by atoms with Gasteiger partial charge in [-0.3, -0.25) is 19.1 Å². The summed E-state index contributed by atoms with van der Waals surface area (Å²) in [5, 5.41) is 7.11. The molecule has 0 unspecified atom stereocenters. The van der Waals surface area contributed by atoms with Crippen LogP contribution >= 0.6 is 0 Å². The monoisotopic (exact) mass is 414 g/mol. The highest BCUT2D eigenvalue weighted by atomic mass is 16.5. The first-order valence-electron chi connectivity index (χ1n) is 10.1. The van der Waals surface area contributed by atoms with Crippen LogP contribution in [-0.2, 0) is 25.7 Å². The van der Waals surface area contributed by atoms with Gasteiger partial charge in [-0.1, -0.05) is 25.1 Å². The first-order chi connectivity index (χ1) is 14.3. The summed E-state index contributed by atoms with van der Waals surface area (Å²) in [6.45, 7) is 7.94. The Kier molecular flexibility index (Phi) is 8.58. The van der Waals surface area contributed by atoms with Crippen LogP contribution in [0.3, 0.4) is 0 Å². The predicted octanol–water partition coefficient (Wildman–Crippen LogP) is 2.62. The van der Waals surface area contributed by atoms with Crippen LogP contribution in [0.2, 0.25) is 0 Å². The van der Waals surface area contributed by atoms with Gasteiger partial charge >= 0.3 is 5.97 Å². The molecule has 0 bridgehead atoms. The molecule has 162 valence electrons. The van der Waals surface area contributed by atoms with Crippen molar-refractivity contribution >= 4 is 23.5 Å². The third-order valence-electron chi connectivity index (χ3n) is 4.59. The lowest BCUT2D eigenvalue weighted by Gasteiger charge is -2.21. The molecular formula is C22H30N4O4. The largest absolute Gasteiger partial charge is 0.456 e. The molecular weight excluding hydrogens is 384 g/mol. The maximum Gasteiger partial charge on any atom is 0.308 e. The maximum atomic E-state index is 12.5. The van der Waals surface area contributed by atoms with Crippen LogP contribution < -0.4 is 5.32 Å². The lowest BCUT2D eigenvalue weighted by atomic mass is 10.2. The molecule has 0 atom stereocenters. The van der Waals surface area contributed by atoms with E-state index in [2.05, 4.69) is 10.4 Å². The second kappa shape index (κ2) is 11.1. The fraction of sp³-hybridized carbons (Fsp3) is 0.455. The fourth-order valence-electron chi connectivity index (χ4n) is 3.04. The molecule has 0 saturated carbocycles. The minimum atomic E-state index is -0.475. The molecule has 2 aromatic rings. The van der Waals surface area contributed by atoms with Crippen LogP contribution in [0.1, 0.15) is 36.7 Å². The average molecular weight is 415 g/mol. The molecule has 0 radical (unpaired) electrons. The lowest BCUT2D eigenvalue weighted by Crippen LogP contribution is -2.40. The van der Waals surface area contributed by atoms with Gasteiger partial charge in [-0.05, 0) is 44.9 Å². The summed E-state index contributed by atoms with van der Waals surface area (Å²) in [7, 11) is 0. The van der Waals surface area contributed by atoms with E-state index in [1.165, 1.54) is 4.90 Å². The number of aryl methyl sites for hydroxylation is 4. The Morgan fingerprint density at radius 1 is 1.17 bits per heavy atom. The molecule has 8 nitrogen and oxygen atoms in total. The Bertz CT molecular complexity index is 891. The van der Waals surface area contributed by atoms with Crippen molar-refractivity contribution in [1.29, 1.82) is 0 Å². The number of carbonyl (C=O) groups is 3. The summed E-state index contributed by atoms with van der Waals surface area (Å²) in [5.41, 5.74) is 3.50. The van der Waals surface area contributed by atoms with Crippen molar-refractivity contribution in [1.82, 2.24) is 14.7 Å². The highest BCUT2D eigenvalue weighted by Crippen LogP contribution is 2.13. The van der Waals surface area contributed by atoms with Crippen molar-refractivity contribution in [3.8, 4) is 0 Å². The van der Waals surface area contributed by atoms with Gasteiger partial charge in [0.05, 0.1) is 25.2 Å². The lowest BCUT2D eigenvalue weighted by molar-refractivity contribution is -0.152. The first kappa shape index (κ1) is 23.1. The summed E-state index contributed by atoms with van der Waals surface area (Å²) in [6.07, 6.45) is 0.812. The van der Waals surface area contributed by atoms with Gasteiger partial charge in [0.2, 0.25) is 5.91 Å². The molecule has 0 aliphatic carbocycles. The summed E-state index contributed by atoms with van der Waals surface area (Å²) in [5.74, 6) is -1.16. The van der Waals surface area contributed by atoms with Gasteiger partial charge in [-0.15, -0.1) is 0 Å². The minimum absolute atomic E-state index is 0.0929. The number of benzene rings is 1. The number of amides is 2. The number of esters is 1. The Morgan fingerprint density at radius 2 is 1.90 bits per heavy atom. The highest BCUT2D eigenvalue weighted by Gasteiger charge is 2.19. The van der Waals surface area contributed by atoms with Crippen molar-refractivity contribution in [3.05, 3.63) is 47.3 Å². The van der Waals surface area contributed by atoms with Gasteiger partial charge in [0.1, 0.15) is 0 Å². The Labute approximate surface area is 177 Å². The quantitative estimate of drug-likeness (QED) is 0.603. The molecule has 0 fully saturated rings. The van der Waals surface area contributed by atoms with Crippen molar-refractivity contribution < 1.29 is 19.1 Å². The van der Waals surface area contributed by atoms with E-state index in [-0.39, 0.29) is 25.5 Å². The van der Waals surface area contributed by atoms with Crippen LogP contribution in [0, 0.1) is 20.8 Å². The van der Waals surface area contributed by atoms with E-state index in [9.17, 15) is 14.4 Å². The van der Waals surface area contributed by atoms with E-state index in [1.54, 1.807) is 4.68 Å². The zero-order valence-electron chi connectivity index (χ0n) is 18.1. The van der Waals surface area contributed by atoms with E-state index in [1.807, 2.05) is 58.0 Å². The molecule has 2 rings (SSSR count). The van der Waals surface area contributed by atoms with Crippen molar-refractivity contribution in [3.63, 3.8) is 0 Å². The van der Waals surface area contributed by atoms with Gasteiger partial charge in [-0.2, -0.15) is 5.10 Å². The van der Waals surface area contributed by atoms with Gasteiger partial charge < -0.3 is 15.0 Å². The second-order valence-corrected chi connectivity index (χ2v) is 7.24. The smallest absolute Gasteiger partial charge is 0.308 e. The highest BCUT2D eigenvalue weighted by molar-refractivity contribution is 5.95. The maximum absolute atomic E-state index is 12.5. The molecule has 1 aromatic carbocycles. The first-order valence-corrected chi connectivity index (χ1v) is 10.1. The number of para-hydroxylation sites is 1. The number of rotatable bonds is 10. The predicted molar refractivity (Wildman–Crippen MR) is 114 cm³/mol. The number of ether oxygens (including phenoxy) is 1. The molecule has 1 heterocycles. The summed E-state index contributed by atoms with van der Waals surface area (Å²) < 4.78 is 6.85. The van der Waals surface area contributed by atoms with Gasteiger partial charge in [-0.25, -0.2) is 0 Å². The number of aromatic nitrogens is 2. The SMILES string of the molecule is CCCN(CC(=O)Nc1ccccc1C)C(=O)COC(=O)CCn1nc(C)cc1C. The van der Waals surface area contributed by atoms with E-state index < -0.39 is 11.9 Å². The molecule has 0 spiro atoms. The Balaban J connectivity index is 1.82. The Hall–Kier alpha value is -3.16. The normalized spacial score (nSPS) is 10.5. The minimum Gasteiger partial charge on any atom is -0.456 e. The van der Waals surface area contributed by atoms with Crippen LogP contribution in [0.4, 0.5) is 5.69 Å². The van der Waals surface area contributed by atoms with E-state index in [0.29, 0.717) is 25.2 Å². The number of nitrogens with one attached hydrogen (secondary N) is 1. The average Bonchev–Trinajstić information content (AvgIpc) is 3.03. The molecule has 0 aliphatic rings. The van der Waals surface area contributed by atoms with Crippen LogP contribution in [-0.4, -0.2) is 52.2 Å². The van der Waals surface area contributed by atoms with Gasteiger partial charge in [0, 0.05) is 17.9 Å². The Morgan fingerprint density at radius 3 is 2.53 bits per heavy atom. The fourth-order valence-corrected chi connectivity index (χ4v) is 3.04. The van der Waals surface area contributed by atoms with Crippen LogP contribution in [0.25, 0.3) is 0 Å². The molecule has 0 aliphatic heterocycles. The molecule has 30 heavy (non-hydrogen) atoms. The summed E-state index contributed by atoms with van der Waals surface area (Å²) >= 11 is 0. The van der Waals surface area contributed by atoms with E-state index in [0.717, 1.165) is 17.0 Å². The van der Waals surface area contributed by atoms with Crippen molar-refractivity contribution in [2.45, 2.75) is 47.1 Å². The standard InChI is InChI=1S/C22H30N4O4/c1-5-11-25(14-20(27)23-19-9-7-6-8-16(19)2)21(28)15-30-22(29)10-12-26-18(4)13-17(3)24-26/h6-9,13H,5,10-12,14-15H2,1-4H3,(H,23,27). The number of hydrogen-bond donors (Lipinski definition) is 1. The topological polar surface area (TPSA) is 93.5 Å². The molecule has 8 heteroatoms. The second-order valence-electron chi connectivity index (χ2n) is 7.24. The number of anilines is 1. The number of carbonyl (C=O) groups excluding carboxylic acids is 3. The van der Waals surface area contributed by atoms with E-state index >= 15 is 0 Å². The number of nitrogens with zero attached hydrogens (tertiary/aromatic N) is 3. The van der Waals surface area contributed by atoms with E-state index in [4.69, 9.17) is 4.74 Å². The zero-order valence-corrected chi connectivity index (χ0v) is 18.1. The number of hydrogen-bond acceptors (Lipinski definition) is 5.